The molecule has 0 saturated carbocycles. The quantitative estimate of drug-likeness (QED) is 0.624. The van der Waals surface area contributed by atoms with Gasteiger partial charge in [-0.05, 0) is 5.92 Å². The molecule has 0 N–H and O–H groups in total. The molecular formula is C21H21NO2. The van der Waals surface area contributed by atoms with Crippen molar-refractivity contribution in [2.24, 2.45) is 16.8 Å². The molecule has 0 unspecified atom stereocenters. The zero-order valence-electron chi connectivity index (χ0n) is 14.2. The normalized spacial score (nSPS) is 19.5. The molecule has 0 bridgehead atoms. The maximum atomic E-state index is 12.1. The van der Waals surface area contributed by atoms with Crippen LogP contribution in [0.4, 0.5) is 0 Å². The van der Waals surface area contributed by atoms with E-state index in [0.29, 0.717) is 5.57 Å². The third kappa shape index (κ3) is 2.90. The number of allylic oxidation sites excluding steroid dienone is 1. The summed E-state index contributed by atoms with van der Waals surface area (Å²) in [5.41, 5.74) is 4.47. The largest absolute Gasteiger partial charge is 0.466 e. The van der Waals surface area contributed by atoms with Crippen LogP contribution in [-0.2, 0) is 9.53 Å². The first-order valence-corrected chi connectivity index (χ1v) is 8.15. The highest BCUT2D eigenvalue weighted by Crippen LogP contribution is 2.42. The summed E-state index contributed by atoms with van der Waals surface area (Å²) in [6.45, 7) is 4.14. The summed E-state index contributed by atoms with van der Waals surface area (Å²) in [6, 6.07) is 20.1. The Morgan fingerprint density at radius 3 is 1.83 bits per heavy atom. The first kappa shape index (κ1) is 16.2. The highest BCUT2D eigenvalue weighted by molar-refractivity contribution is 6.13. The molecule has 2 atom stereocenters. The number of carbonyl (C=O) groups is 1. The van der Waals surface area contributed by atoms with Crippen LogP contribution in [0.15, 0.2) is 76.9 Å². The lowest BCUT2D eigenvalue weighted by Gasteiger charge is -2.34. The number of nitrogens with zero attached hydrogens (tertiary/aromatic N) is 1. The number of hydrogen-bond acceptors (Lipinski definition) is 3. The highest BCUT2D eigenvalue weighted by Gasteiger charge is 2.39. The topological polar surface area (TPSA) is 38.7 Å². The predicted octanol–water partition coefficient (Wildman–Crippen LogP) is 4.24. The summed E-state index contributed by atoms with van der Waals surface area (Å²) in [6.07, 6.45) is 0. The fraction of sp³-hybridized carbons (Fsp3) is 0.238. The van der Waals surface area contributed by atoms with Crippen LogP contribution in [0, 0.1) is 11.8 Å². The standard InChI is InChI=1S/C21H21NO2/c1-14-15(2)19(18(14)21(23)24-3)22-20(16-10-6-4-7-11-16)17-12-8-5-9-13-17/h4-15H,1-3H3/t14-,15-/m1/s1. The minimum absolute atomic E-state index is 0.170. The van der Waals surface area contributed by atoms with Crippen molar-refractivity contribution in [3.05, 3.63) is 83.1 Å². The summed E-state index contributed by atoms with van der Waals surface area (Å²) < 4.78 is 4.93. The molecule has 2 aromatic carbocycles. The molecule has 122 valence electrons. The van der Waals surface area contributed by atoms with Crippen LogP contribution in [0.5, 0.6) is 0 Å². The molecule has 0 amide bonds. The van der Waals surface area contributed by atoms with E-state index >= 15 is 0 Å². The van der Waals surface area contributed by atoms with Crippen molar-refractivity contribution in [1.29, 1.82) is 0 Å². The van der Waals surface area contributed by atoms with Crippen LogP contribution < -0.4 is 0 Å². The van der Waals surface area contributed by atoms with Gasteiger partial charge < -0.3 is 4.74 Å². The molecule has 0 fully saturated rings. The molecule has 3 heteroatoms. The molecule has 3 nitrogen and oxygen atoms in total. The number of rotatable bonds is 4. The Bertz CT molecular complexity index is 750. The van der Waals surface area contributed by atoms with Gasteiger partial charge in [-0.1, -0.05) is 74.5 Å². The molecule has 2 aromatic rings. The van der Waals surface area contributed by atoms with Gasteiger partial charge in [0.2, 0.25) is 0 Å². The van der Waals surface area contributed by atoms with Crippen LogP contribution in [0.1, 0.15) is 25.0 Å². The molecule has 0 radical (unpaired) electrons. The number of benzene rings is 2. The van der Waals surface area contributed by atoms with Crippen LogP contribution in [0.2, 0.25) is 0 Å². The van der Waals surface area contributed by atoms with Gasteiger partial charge in [0.1, 0.15) is 0 Å². The van der Waals surface area contributed by atoms with Crippen molar-refractivity contribution < 1.29 is 9.53 Å². The van der Waals surface area contributed by atoms with E-state index in [1.165, 1.54) is 7.11 Å². The van der Waals surface area contributed by atoms with Crippen molar-refractivity contribution >= 4 is 11.7 Å². The van der Waals surface area contributed by atoms with Gasteiger partial charge in [-0.15, -0.1) is 0 Å². The minimum atomic E-state index is -0.278. The van der Waals surface area contributed by atoms with E-state index in [1.807, 2.05) is 67.6 Å². The maximum absolute atomic E-state index is 12.1. The highest BCUT2D eigenvalue weighted by atomic mass is 16.5. The van der Waals surface area contributed by atoms with Gasteiger partial charge in [0.15, 0.2) is 0 Å². The molecule has 0 aliphatic heterocycles. The SMILES string of the molecule is COC(=O)C1=C(N=C(c2ccccc2)c2ccccc2)[C@H](C)[C@H]1C. The Morgan fingerprint density at radius 2 is 1.38 bits per heavy atom. The molecule has 0 spiro atoms. The Kier molecular flexibility index (Phi) is 4.61. The summed E-state index contributed by atoms with van der Waals surface area (Å²) in [5.74, 6) is 0.130. The van der Waals surface area contributed by atoms with Gasteiger partial charge in [0, 0.05) is 17.0 Å². The van der Waals surface area contributed by atoms with E-state index in [-0.39, 0.29) is 17.8 Å². The minimum Gasteiger partial charge on any atom is -0.466 e. The van der Waals surface area contributed by atoms with Gasteiger partial charge >= 0.3 is 5.97 Å². The van der Waals surface area contributed by atoms with E-state index < -0.39 is 0 Å². The maximum Gasteiger partial charge on any atom is 0.335 e. The Balaban J connectivity index is 2.14. The van der Waals surface area contributed by atoms with Crippen molar-refractivity contribution in [2.75, 3.05) is 7.11 Å². The summed E-state index contributed by atoms with van der Waals surface area (Å²) in [4.78, 5) is 17.0. The summed E-state index contributed by atoms with van der Waals surface area (Å²) >= 11 is 0. The fourth-order valence-corrected chi connectivity index (χ4v) is 3.04. The average Bonchev–Trinajstić information content (AvgIpc) is 2.65. The van der Waals surface area contributed by atoms with Gasteiger partial charge in [-0.2, -0.15) is 0 Å². The number of carbonyl (C=O) groups excluding carboxylic acids is 1. The number of hydrogen-bond donors (Lipinski definition) is 0. The third-order valence-corrected chi connectivity index (χ3v) is 4.64. The van der Waals surface area contributed by atoms with Crippen LogP contribution in [-0.4, -0.2) is 18.8 Å². The number of aliphatic imine (C=N–C) groups is 1. The molecule has 0 saturated heterocycles. The predicted molar refractivity (Wildman–Crippen MR) is 95.9 cm³/mol. The van der Waals surface area contributed by atoms with Crippen LogP contribution in [0.3, 0.4) is 0 Å². The van der Waals surface area contributed by atoms with E-state index in [0.717, 1.165) is 22.5 Å². The van der Waals surface area contributed by atoms with Crippen molar-refractivity contribution in [3.63, 3.8) is 0 Å². The molecule has 1 aliphatic carbocycles. The molecule has 1 aliphatic rings. The van der Waals surface area contributed by atoms with Crippen LogP contribution >= 0.6 is 0 Å². The van der Waals surface area contributed by atoms with E-state index in [4.69, 9.17) is 9.73 Å². The second-order valence-electron chi connectivity index (χ2n) is 6.06. The zero-order chi connectivity index (χ0) is 17.1. The Morgan fingerprint density at radius 1 is 0.875 bits per heavy atom. The third-order valence-electron chi connectivity index (χ3n) is 4.64. The molecule has 3 rings (SSSR count). The van der Waals surface area contributed by atoms with Crippen molar-refractivity contribution in [1.82, 2.24) is 0 Å². The number of ether oxygens (including phenoxy) is 1. The van der Waals surface area contributed by atoms with Gasteiger partial charge in [0.25, 0.3) is 0 Å². The number of esters is 1. The summed E-state index contributed by atoms with van der Waals surface area (Å²) in [7, 11) is 1.42. The second-order valence-corrected chi connectivity index (χ2v) is 6.06. The lowest BCUT2D eigenvalue weighted by Crippen LogP contribution is -2.32. The molecular weight excluding hydrogens is 298 g/mol. The van der Waals surface area contributed by atoms with Crippen molar-refractivity contribution in [2.45, 2.75) is 13.8 Å². The Hall–Kier alpha value is -2.68. The molecule has 24 heavy (non-hydrogen) atoms. The molecule has 0 aromatic heterocycles. The van der Waals surface area contributed by atoms with Gasteiger partial charge in [0.05, 0.1) is 24.1 Å². The van der Waals surface area contributed by atoms with Crippen molar-refractivity contribution in [3.8, 4) is 0 Å². The van der Waals surface area contributed by atoms with E-state index in [2.05, 4.69) is 6.92 Å². The van der Waals surface area contributed by atoms with Gasteiger partial charge in [-0.3, -0.25) is 4.99 Å². The van der Waals surface area contributed by atoms with Gasteiger partial charge in [-0.25, -0.2) is 4.79 Å². The second kappa shape index (κ2) is 6.83. The zero-order valence-corrected chi connectivity index (χ0v) is 14.2. The summed E-state index contributed by atoms with van der Waals surface area (Å²) in [5, 5.41) is 0. The van der Waals surface area contributed by atoms with Crippen LogP contribution in [0.25, 0.3) is 0 Å². The average molecular weight is 319 g/mol. The smallest absolute Gasteiger partial charge is 0.335 e. The monoisotopic (exact) mass is 319 g/mol. The number of methoxy groups -OCH3 is 1. The first-order valence-electron chi connectivity index (χ1n) is 8.15. The Labute approximate surface area is 142 Å². The molecule has 0 heterocycles. The van der Waals surface area contributed by atoms with E-state index in [1.54, 1.807) is 0 Å². The lowest BCUT2D eigenvalue weighted by atomic mass is 9.73. The first-order chi connectivity index (χ1) is 11.6. The fourth-order valence-electron chi connectivity index (χ4n) is 3.04. The van der Waals surface area contributed by atoms with E-state index in [9.17, 15) is 4.79 Å². The lowest BCUT2D eigenvalue weighted by molar-refractivity contribution is -0.137.